The van der Waals surface area contributed by atoms with Gasteiger partial charge in [-0.2, -0.15) is 0 Å². The minimum Gasteiger partial charge on any atom is -0.508 e. The molecule has 2 aromatic rings. The van der Waals surface area contributed by atoms with Crippen LogP contribution >= 0.6 is 11.6 Å². The zero-order valence-corrected chi connectivity index (χ0v) is 13.3. The molecule has 4 nitrogen and oxygen atoms in total. The fourth-order valence-corrected chi connectivity index (χ4v) is 2.49. The SMILES string of the molecule is CCc1cnc[n+](NC(c2ccc(O)cc2)C(C)C)c1Cl. The number of aromatic hydroxyl groups is 1. The minimum atomic E-state index is 0.0713. The highest BCUT2D eigenvalue weighted by Crippen LogP contribution is 2.24. The maximum Gasteiger partial charge on any atom is 0.310 e. The van der Waals surface area contributed by atoms with Crippen molar-refractivity contribution in [1.29, 1.82) is 0 Å². The van der Waals surface area contributed by atoms with Gasteiger partial charge in [0.2, 0.25) is 5.15 Å². The van der Waals surface area contributed by atoms with Crippen LogP contribution in [0.4, 0.5) is 0 Å². The Morgan fingerprint density at radius 1 is 1.29 bits per heavy atom. The lowest BCUT2D eigenvalue weighted by molar-refractivity contribution is -0.656. The third-order valence-corrected chi connectivity index (χ3v) is 3.89. The lowest BCUT2D eigenvalue weighted by atomic mass is 9.97. The van der Waals surface area contributed by atoms with E-state index in [1.165, 1.54) is 0 Å². The fourth-order valence-electron chi connectivity index (χ4n) is 2.22. The van der Waals surface area contributed by atoms with Gasteiger partial charge in [0.15, 0.2) is 0 Å². The Labute approximate surface area is 130 Å². The Hall–Kier alpha value is -1.81. The van der Waals surface area contributed by atoms with E-state index >= 15 is 0 Å². The molecule has 1 aromatic heterocycles. The van der Waals surface area contributed by atoms with Crippen molar-refractivity contribution in [2.45, 2.75) is 33.2 Å². The summed E-state index contributed by atoms with van der Waals surface area (Å²) < 4.78 is 1.76. The molecule has 0 aliphatic rings. The number of aryl methyl sites for hydroxylation is 1. The van der Waals surface area contributed by atoms with E-state index in [-0.39, 0.29) is 11.8 Å². The van der Waals surface area contributed by atoms with Gasteiger partial charge in [-0.1, -0.05) is 37.9 Å². The fraction of sp³-hybridized carbons (Fsp3) is 0.375. The summed E-state index contributed by atoms with van der Waals surface area (Å²) in [6.07, 6.45) is 4.29. The van der Waals surface area contributed by atoms with Crippen LogP contribution < -0.4 is 10.1 Å². The summed E-state index contributed by atoms with van der Waals surface area (Å²) in [4.78, 5) is 4.21. The number of rotatable bonds is 5. The molecule has 5 heteroatoms. The maximum absolute atomic E-state index is 9.42. The van der Waals surface area contributed by atoms with Gasteiger partial charge in [-0.25, -0.2) is 5.43 Å². The summed E-state index contributed by atoms with van der Waals surface area (Å²) in [5.41, 5.74) is 5.49. The largest absolute Gasteiger partial charge is 0.508 e. The van der Waals surface area contributed by atoms with Crippen molar-refractivity contribution in [3.8, 4) is 5.75 Å². The molecule has 2 rings (SSSR count). The van der Waals surface area contributed by atoms with E-state index in [0.29, 0.717) is 11.1 Å². The molecule has 112 valence electrons. The lowest BCUT2D eigenvalue weighted by Gasteiger charge is -2.22. The molecule has 1 heterocycles. The Bertz CT molecular complexity index is 599. The van der Waals surface area contributed by atoms with E-state index in [0.717, 1.165) is 17.5 Å². The highest BCUT2D eigenvalue weighted by atomic mass is 35.5. The van der Waals surface area contributed by atoms with Gasteiger partial charge >= 0.3 is 6.33 Å². The summed E-state index contributed by atoms with van der Waals surface area (Å²) in [6, 6.07) is 7.29. The van der Waals surface area contributed by atoms with E-state index in [4.69, 9.17) is 11.6 Å². The van der Waals surface area contributed by atoms with Gasteiger partial charge in [-0.05, 0) is 41.6 Å². The number of halogens is 1. The van der Waals surface area contributed by atoms with E-state index in [1.807, 2.05) is 19.1 Å². The van der Waals surface area contributed by atoms with Crippen LogP contribution in [0.2, 0.25) is 5.15 Å². The predicted octanol–water partition coefficient (Wildman–Crippen LogP) is 3.23. The molecule has 1 aromatic carbocycles. The molecular weight excluding hydrogens is 286 g/mol. The molecule has 0 aliphatic carbocycles. The normalized spacial score (nSPS) is 12.4. The van der Waals surface area contributed by atoms with Crippen LogP contribution in [0.25, 0.3) is 0 Å². The second-order valence-electron chi connectivity index (χ2n) is 5.38. The Morgan fingerprint density at radius 2 is 1.95 bits per heavy atom. The summed E-state index contributed by atoms with van der Waals surface area (Å²) >= 11 is 6.39. The molecule has 0 radical (unpaired) electrons. The topological polar surface area (TPSA) is 49.0 Å². The lowest BCUT2D eigenvalue weighted by Crippen LogP contribution is -2.49. The second kappa shape index (κ2) is 6.76. The molecule has 0 saturated carbocycles. The number of benzene rings is 1. The maximum atomic E-state index is 9.42. The molecular formula is C16H21ClN3O+. The summed E-state index contributed by atoms with van der Waals surface area (Å²) in [5.74, 6) is 0.616. The first-order valence-corrected chi connectivity index (χ1v) is 7.50. The van der Waals surface area contributed by atoms with E-state index in [2.05, 4.69) is 24.3 Å². The number of nitrogens with one attached hydrogen (secondary N) is 1. The molecule has 0 saturated heterocycles. The van der Waals surface area contributed by atoms with Crippen molar-refractivity contribution in [2.75, 3.05) is 5.43 Å². The molecule has 0 aliphatic heterocycles. The molecule has 1 unspecified atom stereocenters. The quantitative estimate of drug-likeness (QED) is 0.658. The van der Waals surface area contributed by atoms with Gasteiger partial charge in [0.25, 0.3) is 0 Å². The van der Waals surface area contributed by atoms with Gasteiger partial charge in [-0.15, -0.1) is 4.68 Å². The number of phenolic OH excluding ortho intramolecular Hbond substituents is 1. The smallest absolute Gasteiger partial charge is 0.310 e. The average Bonchev–Trinajstić information content (AvgIpc) is 2.47. The van der Waals surface area contributed by atoms with Gasteiger partial charge < -0.3 is 5.11 Å². The summed E-state index contributed by atoms with van der Waals surface area (Å²) in [7, 11) is 0. The molecule has 1 atom stereocenters. The third kappa shape index (κ3) is 3.64. The van der Waals surface area contributed by atoms with Crippen molar-refractivity contribution < 1.29 is 9.78 Å². The predicted molar refractivity (Wildman–Crippen MR) is 83.9 cm³/mol. The Balaban J connectivity index is 2.31. The van der Waals surface area contributed by atoms with E-state index in [9.17, 15) is 5.11 Å². The van der Waals surface area contributed by atoms with Gasteiger partial charge in [0, 0.05) is 0 Å². The first-order valence-electron chi connectivity index (χ1n) is 7.12. The molecule has 0 fully saturated rings. The van der Waals surface area contributed by atoms with Gasteiger partial charge in [-0.3, -0.25) is 0 Å². The first-order chi connectivity index (χ1) is 10.0. The van der Waals surface area contributed by atoms with Crippen molar-refractivity contribution in [3.63, 3.8) is 0 Å². The number of hydrogen-bond acceptors (Lipinski definition) is 3. The van der Waals surface area contributed by atoms with Crippen LogP contribution in [-0.4, -0.2) is 10.1 Å². The number of nitrogens with zero attached hydrogens (tertiary/aromatic N) is 2. The van der Waals surface area contributed by atoms with Crippen molar-refractivity contribution in [2.24, 2.45) is 5.92 Å². The summed E-state index contributed by atoms with van der Waals surface area (Å²) in [6.45, 7) is 6.32. The number of phenols is 1. The Morgan fingerprint density at radius 3 is 2.52 bits per heavy atom. The van der Waals surface area contributed by atoms with Crippen molar-refractivity contribution in [1.82, 2.24) is 4.98 Å². The van der Waals surface area contributed by atoms with Crippen LogP contribution in [0.15, 0.2) is 36.8 Å². The summed E-state index contributed by atoms with van der Waals surface area (Å²) in [5, 5.41) is 10.1. The molecule has 0 spiro atoms. The molecule has 21 heavy (non-hydrogen) atoms. The third-order valence-electron chi connectivity index (χ3n) is 3.47. The highest BCUT2D eigenvalue weighted by Gasteiger charge is 2.20. The first kappa shape index (κ1) is 15.6. The van der Waals surface area contributed by atoms with Crippen molar-refractivity contribution in [3.05, 3.63) is 53.1 Å². The van der Waals surface area contributed by atoms with Crippen LogP contribution in [-0.2, 0) is 6.42 Å². The highest BCUT2D eigenvalue weighted by molar-refractivity contribution is 6.29. The average molecular weight is 307 g/mol. The number of hydrogen-bond donors (Lipinski definition) is 2. The number of aromatic nitrogens is 2. The van der Waals surface area contributed by atoms with Crippen molar-refractivity contribution >= 4 is 11.6 Å². The molecule has 0 bridgehead atoms. The second-order valence-corrected chi connectivity index (χ2v) is 5.73. The zero-order valence-electron chi connectivity index (χ0n) is 12.5. The standard InChI is InChI=1S/C16H20ClN3O/c1-4-12-9-18-10-20(16(12)17)19-15(11(2)3)13-5-7-14(21)8-6-13/h5-11,15,19H,4H2,1-3H3/p+1. The van der Waals surface area contributed by atoms with Crippen LogP contribution in [0.5, 0.6) is 5.75 Å². The Kier molecular flexibility index (Phi) is 5.02. The molecule has 2 N–H and O–H groups in total. The van der Waals surface area contributed by atoms with Crippen LogP contribution in [0.3, 0.4) is 0 Å². The minimum absolute atomic E-state index is 0.0713. The zero-order chi connectivity index (χ0) is 15.4. The molecule has 0 amide bonds. The van der Waals surface area contributed by atoms with Crippen LogP contribution in [0.1, 0.15) is 37.9 Å². The van der Waals surface area contributed by atoms with Crippen LogP contribution in [0, 0.1) is 5.92 Å². The van der Waals surface area contributed by atoms with E-state index < -0.39 is 0 Å². The van der Waals surface area contributed by atoms with Gasteiger partial charge in [0.1, 0.15) is 11.9 Å². The monoisotopic (exact) mass is 306 g/mol. The van der Waals surface area contributed by atoms with E-state index in [1.54, 1.807) is 29.3 Å². The van der Waals surface area contributed by atoms with Gasteiger partial charge in [0.05, 0.1) is 11.6 Å².